The third-order valence-electron chi connectivity index (χ3n) is 3.29. The molecular formula is C15H19N3O3S. The predicted octanol–water partition coefficient (Wildman–Crippen LogP) is 2.55. The highest BCUT2D eigenvalue weighted by Crippen LogP contribution is 2.23. The number of carboxylic acid groups (broad SMARTS) is 1. The van der Waals surface area contributed by atoms with Crippen LogP contribution in [0.4, 0.5) is 0 Å². The maximum atomic E-state index is 12.4. The SMILES string of the molecule is CC(C)c1cc(C(=O)NC(CC(=O)O)c2cccs2)n(C)n1. The summed E-state index contributed by atoms with van der Waals surface area (Å²) in [5.74, 6) is -1.05. The lowest BCUT2D eigenvalue weighted by atomic mass is 10.1. The van der Waals surface area contributed by atoms with Gasteiger partial charge in [-0.25, -0.2) is 0 Å². The van der Waals surface area contributed by atoms with Crippen molar-refractivity contribution in [2.24, 2.45) is 7.05 Å². The van der Waals surface area contributed by atoms with E-state index in [-0.39, 0.29) is 18.2 Å². The van der Waals surface area contributed by atoms with Gasteiger partial charge in [0.25, 0.3) is 5.91 Å². The first-order valence-corrected chi connectivity index (χ1v) is 7.86. The molecule has 7 heteroatoms. The Morgan fingerprint density at radius 1 is 1.45 bits per heavy atom. The Bertz CT molecular complexity index is 662. The number of carboxylic acids is 1. The highest BCUT2D eigenvalue weighted by atomic mass is 32.1. The van der Waals surface area contributed by atoms with E-state index in [2.05, 4.69) is 10.4 Å². The zero-order chi connectivity index (χ0) is 16.3. The van der Waals surface area contributed by atoms with E-state index in [1.165, 1.54) is 16.0 Å². The molecule has 0 bridgehead atoms. The maximum Gasteiger partial charge on any atom is 0.305 e. The lowest BCUT2D eigenvalue weighted by Gasteiger charge is -2.15. The van der Waals surface area contributed by atoms with Crippen molar-refractivity contribution in [2.75, 3.05) is 0 Å². The zero-order valence-electron chi connectivity index (χ0n) is 12.7. The molecule has 0 aliphatic heterocycles. The summed E-state index contributed by atoms with van der Waals surface area (Å²) in [4.78, 5) is 24.3. The Kier molecular flexibility index (Phi) is 4.97. The number of aryl methyl sites for hydroxylation is 1. The number of hydrogen-bond acceptors (Lipinski definition) is 4. The second kappa shape index (κ2) is 6.74. The third kappa shape index (κ3) is 3.73. The molecule has 1 unspecified atom stereocenters. The van der Waals surface area contributed by atoms with E-state index in [0.717, 1.165) is 10.6 Å². The van der Waals surface area contributed by atoms with Crippen molar-refractivity contribution < 1.29 is 14.7 Å². The van der Waals surface area contributed by atoms with Crippen molar-refractivity contribution in [3.05, 3.63) is 39.8 Å². The molecule has 0 aliphatic rings. The molecule has 0 aliphatic carbocycles. The van der Waals surface area contributed by atoms with Crippen LogP contribution < -0.4 is 5.32 Å². The molecule has 2 N–H and O–H groups in total. The van der Waals surface area contributed by atoms with E-state index in [9.17, 15) is 9.59 Å². The minimum absolute atomic E-state index is 0.152. The lowest BCUT2D eigenvalue weighted by molar-refractivity contribution is -0.137. The molecule has 118 valence electrons. The van der Waals surface area contributed by atoms with Crippen molar-refractivity contribution in [1.82, 2.24) is 15.1 Å². The van der Waals surface area contributed by atoms with Gasteiger partial charge in [0, 0.05) is 11.9 Å². The molecule has 0 aromatic carbocycles. The zero-order valence-corrected chi connectivity index (χ0v) is 13.6. The van der Waals surface area contributed by atoms with Gasteiger partial charge >= 0.3 is 5.97 Å². The molecule has 2 rings (SSSR count). The maximum absolute atomic E-state index is 12.4. The van der Waals surface area contributed by atoms with Crippen LogP contribution in [0, 0.1) is 0 Å². The summed E-state index contributed by atoms with van der Waals surface area (Å²) in [6.45, 7) is 4.01. The second-order valence-corrected chi connectivity index (χ2v) is 6.35. The summed E-state index contributed by atoms with van der Waals surface area (Å²) in [5, 5.41) is 18.0. The number of carbonyl (C=O) groups is 2. The average Bonchev–Trinajstić information content (AvgIpc) is 3.06. The van der Waals surface area contributed by atoms with E-state index >= 15 is 0 Å². The second-order valence-electron chi connectivity index (χ2n) is 5.37. The van der Waals surface area contributed by atoms with Gasteiger partial charge in [0.05, 0.1) is 18.2 Å². The average molecular weight is 321 g/mol. The van der Waals surface area contributed by atoms with Gasteiger partial charge in [0.1, 0.15) is 5.69 Å². The van der Waals surface area contributed by atoms with Crippen LogP contribution >= 0.6 is 11.3 Å². The number of aliphatic carboxylic acids is 1. The van der Waals surface area contributed by atoms with Crippen LogP contribution in [0.25, 0.3) is 0 Å². The lowest BCUT2D eigenvalue weighted by Crippen LogP contribution is -2.31. The number of aromatic nitrogens is 2. The molecule has 6 nitrogen and oxygen atoms in total. The topological polar surface area (TPSA) is 84.2 Å². The Hall–Kier alpha value is -2.15. The summed E-state index contributed by atoms with van der Waals surface area (Å²) in [6.07, 6.45) is -0.152. The number of thiophene rings is 1. The molecule has 1 amide bonds. The fourth-order valence-corrected chi connectivity index (χ4v) is 2.88. The number of rotatable bonds is 6. The van der Waals surface area contributed by atoms with Crippen molar-refractivity contribution in [2.45, 2.75) is 32.2 Å². The van der Waals surface area contributed by atoms with E-state index < -0.39 is 12.0 Å². The fraction of sp³-hybridized carbons (Fsp3) is 0.400. The van der Waals surface area contributed by atoms with E-state index in [4.69, 9.17) is 5.11 Å². The van der Waals surface area contributed by atoms with Crippen molar-refractivity contribution in [3.63, 3.8) is 0 Å². The van der Waals surface area contributed by atoms with Crippen LogP contribution in [0.3, 0.4) is 0 Å². The van der Waals surface area contributed by atoms with Gasteiger partial charge < -0.3 is 10.4 Å². The van der Waals surface area contributed by atoms with Crippen LogP contribution in [0.1, 0.15) is 53.3 Å². The first kappa shape index (κ1) is 16.2. The molecule has 0 fully saturated rings. The van der Waals surface area contributed by atoms with E-state index in [1.807, 2.05) is 31.4 Å². The monoisotopic (exact) mass is 321 g/mol. The van der Waals surface area contributed by atoms with Gasteiger partial charge in [0.15, 0.2) is 0 Å². The summed E-state index contributed by atoms with van der Waals surface area (Å²) < 4.78 is 1.52. The van der Waals surface area contributed by atoms with Crippen molar-refractivity contribution in [3.8, 4) is 0 Å². The molecule has 0 saturated carbocycles. The standard InChI is InChI=1S/C15H19N3O3S/c1-9(2)10-7-12(18(3)17-10)15(21)16-11(8-14(19)20)13-5-4-6-22-13/h4-7,9,11H,8H2,1-3H3,(H,16,21)(H,19,20). The normalized spacial score (nSPS) is 12.4. The van der Waals surface area contributed by atoms with Gasteiger partial charge in [0.2, 0.25) is 0 Å². The van der Waals surface area contributed by atoms with Crippen LogP contribution in [-0.2, 0) is 11.8 Å². The van der Waals surface area contributed by atoms with E-state index in [1.54, 1.807) is 13.1 Å². The first-order valence-electron chi connectivity index (χ1n) is 6.98. The molecule has 1 atom stereocenters. The van der Waals surface area contributed by atoms with Gasteiger partial charge in [-0.05, 0) is 23.4 Å². The molecule has 2 aromatic heterocycles. The number of amides is 1. The van der Waals surface area contributed by atoms with Crippen LogP contribution in [-0.4, -0.2) is 26.8 Å². The Labute approximate surface area is 132 Å². The van der Waals surface area contributed by atoms with Crippen LogP contribution in [0.2, 0.25) is 0 Å². The molecular weight excluding hydrogens is 302 g/mol. The van der Waals surface area contributed by atoms with Crippen molar-refractivity contribution in [1.29, 1.82) is 0 Å². The number of hydrogen-bond donors (Lipinski definition) is 2. The smallest absolute Gasteiger partial charge is 0.305 e. The summed E-state index contributed by atoms with van der Waals surface area (Å²) in [6, 6.07) is 4.86. The van der Waals surface area contributed by atoms with Crippen molar-refractivity contribution >= 4 is 23.2 Å². The summed E-state index contributed by atoms with van der Waals surface area (Å²) in [7, 11) is 1.71. The summed E-state index contributed by atoms with van der Waals surface area (Å²) in [5.41, 5.74) is 1.26. The van der Waals surface area contributed by atoms with Gasteiger partial charge in [-0.15, -0.1) is 11.3 Å². The minimum atomic E-state index is -0.952. The number of nitrogens with zero attached hydrogens (tertiary/aromatic N) is 2. The molecule has 0 spiro atoms. The molecule has 2 heterocycles. The molecule has 22 heavy (non-hydrogen) atoms. The molecule has 2 aromatic rings. The Morgan fingerprint density at radius 3 is 2.68 bits per heavy atom. The largest absolute Gasteiger partial charge is 0.481 e. The van der Waals surface area contributed by atoms with E-state index in [0.29, 0.717) is 5.69 Å². The first-order chi connectivity index (χ1) is 10.4. The highest BCUT2D eigenvalue weighted by molar-refractivity contribution is 7.10. The predicted molar refractivity (Wildman–Crippen MR) is 84.1 cm³/mol. The fourth-order valence-electron chi connectivity index (χ4n) is 2.10. The Balaban J connectivity index is 2.19. The minimum Gasteiger partial charge on any atom is -0.481 e. The quantitative estimate of drug-likeness (QED) is 0.856. The van der Waals surface area contributed by atoms with Gasteiger partial charge in [-0.3, -0.25) is 14.3 Å². The molecule has 0 saturated heterocycles. The van der Waals surface area contributed by atoms with Gasteiger partial charge in [-0.1, -0.05) is 19.9 Å². The number of carbonyl (C=O) groups excluding carboxylic acids is 1. The third-order valence-corrected chi connectivity index (χ3v) is 4.28. The molecule has 0 radical (unpaired) electrons. The van der Waals surface area contributed by atoms with Crippen LogP contribution in [0.5, 0.6) is 0 Å². The summed E-state index contributed by atoms with van der Waals surface area (Å²) >= 11 is 1.42. The Morgan fingerprint density at radius 2 is 2.18 bits per heavy atom. The van der Waals surface area contributed by atoms with Crippen LogP contribution in [0.15, 0.2) is 23.6 Å². The van der Waals surface area contributed by atoms with Gasteiger partial charge in [-0.2, -0.15) is 5.10 Å². The number of nitrogens with one attached hydrogen (secondary N) is 1. The highest BCUT2D eigenvalue weighted by Gasteiger charge is 2.22.